The first-order valence-electron chi connectivity index (χ1n) is 9.48. The third kappa shape index (κ3) is 5.46. The zero-order valence-corrected chi connectivity index (χ0v) is 18.1. The fraction of sp³-hybridized carbons (Fsp3) is 0.130. The van der Waals surface area contributed by atoms with Crippen LogP contribution in [-0.4, -0.2) is 29.7 Å². The molecular formula is C23H22ClN5O2. The van der Waals surface area contributed by atoms with Crippen LogP contribution in [0.25, 0.3) is 0 Å². The minimum atomic E-state index is -0.396. The largest absolute Gasteiger partial charge is 0.334 e. The minimum Gasteiger partial charge on any atom is -0.334 e. The van der Waals surface area contributed by atoms with E-state index in [0.717, 1.165) is 11.3 Å². The summed E-state index contributed by atoms with van der Waals surface area (Å²) in [5.74, 6) is 0.00706. The van der Waals surface area contributed by atoms with Gasteiger partial charge in [-0.3, -0.25) is 15.0 Å². The van der Waals surface area contributed by atoms with Crippen molar-refractivity contribution in [1.82, 2.24) is 4.98 Å². The third-order valence-corrected chi connectivity index (χ3v) is 4.88. The second-order valence-electron chi connectivity index (χ2n) is 7.01. The van der Waals surface area contributed by atoms with E-state index in [1.807, 2.05) is 13.0 Å². The van der Waals surface area contributed by atoms with Gasteiger partial charge in [0.1, 0.15) is 5.82 Å². The van der Waals surface area contributed by atoms with E-state index in [2.05, 4.69) is 15.6 Å². The van der Waals surface area contributed by atoms with Gasteiger partial charge in [0, 0.05) is 24.5 Å². The highest BCUT2D eigenvalue weighted by Gasteiger charge is 2.16. The van der Waals surface area contributed by atoms with Crippen molar-refractivity contribution in [2.45, 2.75) is 13.8 Å². The number of benzene rings is 2. The van der Waals surface area contributed by atoms with E-state index in [1.54, 1.807) is 67.4 Å². The molecule has 8 heteroatoms. The summed E-state index contributed by atoms with van der Waals surface area (Å²) in [5.41, 5.74) is 2.82. The molecule has 0 saturated heterocycles. The molecule has 1 aromatic heterocycles. The Morgan fingerprint density at radius 3 is 2.32 bits per heavy atom. The molecule has 0 fully saturated rings. The number of hydrogen-bond acceptors (Lipinski definition) is 4. The van der Waals surface area contributed by atoms with Crippen LogP contribution in [-0.2, 0) is 0 Å². The number of nitrogens with zero attached hydrogens (tertiary/aromatic N) is 2. The summed E-state index contributed by atoms with van der Waals surface area (Å²) in [7, 11) is 1.78. The van der Waals surface area contributed by atoms with Crippen LogP contribution in [0.4, 0.5) is 17.2 Å². The predicted molar refractivity (Wildman–Crippen MR) is 125 cm³/mol. The van der Waals surface area contributed by atoms with Crippen LogP contribution in [0.5, 0.6) is 0 Å². The molecule has 3 rings (SSSR count). The summed E-state index contributed by atoms with van der Waals surface area (Å²) in [6.07, 6.45) is 1.44. The Morgan fingerprint density at radius 1 is 1.00 bits per heavy atom. The van der Waals surface area contributed by atoms with Gasteiger partial charge in [0.2, 0.25) is 0 Å². The fourth-order valence-corrected chi connectivity index (χ4v) is 2.92. The van der Waals surface area contributed by atoms with Crippen LogP contribution in [0, 0.1) is 12.3 Å². The van der Waals surface area contributed by atoms with Crippen molar-refractivity contribution in [3.05, 3.63) is 82.5 Å². The highest BCUT2D eigenvalue weighted by Crippen LogP contribution is 2.21. The van der Waals surface area contributed by atoms with Crippen molar-refractivity contribution in [1.29, 1.82) is 5.41 Å². The first-order valence-corrected chi connectivity index (χ1v) is 9.86. The zero-order chi connectivity index (χ0) is 22.5. The van der Waals surface area contributed by atoms with E-state index in [-0.39, 0.29) is 5.91 Å². The molecule has 31 heavy (non-hydrogen) atoms. The van der Waals surface area contributed by atoms with Gasteiger partial charge in [-0.2, -0.15) is 0 Å². The summed E-state index contributed by atoms with van der Waals surface area (Å²) in [5, 5.41) is 13.7. The van der Waals surface area contributed by atoms with E-state index < -0.39 is 5.91 Å². The molecule has 0 aliphatic carbocycles. The first-order chi connectivity index (χ1) is 14.7. The molecule has 0 unspecified atom stereocenters. The van der Waals surface area contributed by atoms with E-state index in [4.69, 9.17) is 17.0 Å². The number of pyridine rings is 1. The molecule has 0 spiro atoms. The van der Waals surface area contributed by atoms with Gasteiger partial charge in [-0.1, -0.05) is 23.2 Å². The lowest BCUT2D eigenvalue weighted by Gasteiger charge is -2.17. The summed E-state index contributed by atoms with van der Waals surface area (Å²) in [4.78, 5) is 31.3. The molecule has 158 valence electrons. The van der Waals surface area contributed by atoms with Crippen LogP contribution in [0.3, 0.4) is 0 Å². The number of amidine groups is 1. The van der Waals surface area contributed by atoms with Gasteiger partial charge < -0.3 is 15.5 Å². The highest BCUT2D eigenvalue weighted by atomic mass is 35.5. The Kier molecular flexibility index (Phi) is 6.67. The van der Waals surface area contributed by atoms with E-state index >= 15 is 0 Å². The van der Waals surface area contributed by atoms with Crippen LogP contribution in [0.15, 0.2) is 60.8 Å². The van der Waals surface area contributed by atoms with Crippen LogP contribution in [0.2, 0.25) is 5.02 Å². The van der Waals surface area contributed by atoms with Gasteiger partial charge >= 0.3 is 0 Å². The van der Waals surface area contributed by atoms with Crippen molar-refractivity contribution >= 4 is 46.4 Å². The number of carbonyl (C=O) groups is 2. The molecule has 0 aliphatic heterocycles. The Balaban J connectivity index is 1.80. The smallest absolute Gasteiger partial charge is 0.258 e. The maximum atomic E-state index is 12.8. The number of rotatable bonds is 5. The molecule has 2 amide bonds. The highest BCUT2D eigenvalue weighted by molar-refractivity contribution is 6.30. The Morgan fingerprint density at radius 2 is 1.71 bits per heavy atom. The molecule has 0 aliphatic rings. The van der Waals surface area contributed by atoms with Gasteiger partial charge in [-0.05, 0) is 62.4 Å². The molecule has 1 heterocycles. The zero-order valence-electron chi connectivity index (χ0n) is 17.4. The molecule has 0 radical (unpaired) electrons. The van der Waals surface area contributed by atoms with Gasteiger partial charge in [-0.15, -0.1) is 0 Å². The lowest BCUT2D eigenvalue weighted by molar-refractivity contribution is 0.102. The van der Waals surface area contributed by atoms with Crippen molar-refractivity contribution < 1.29 is 9.59 Å². The molecule has 0 saturated carbocycles. The average Bonchev–Trinajstić information content (AvgIpc) is 2.76. The predicted octanol–water partition coefficient (Wildman–Crippen LogP) is 4.98. The van der Waals surface area contributed by atoms with Crippen molar-refractivity contribution in [3.63, 3.8) is 0 Å². The van der Waals surface area contributed by atoms with Gasteiger partial charge in [0.15, 0.2) is 0 Å². The molecule has 2 aromatic carbocycles. The normalized spacial score (nSPS) is 10.3. The number of halogens is 1. The van der Waals surface area contributed by atoms with Crippen molar-refractivity contribution in [2.75, 3.05) is 22.6 Å². The second-order valence-corrected chi connectivity index (χ2v) is 7.45. The fourth-order valence-electron chi connectivity index (χ4n) is 2.81. The van der Waals surface area contributed by atoms with Gasteiger partial charge in [0.05, 0.1) is 22.1 Å². The lowest BCUT2D eigenvalue weighted by Crippen LogP contribution is -2.22. The second kappa shape index (κ2) is 9.40. The standard InChI is InChI=1S/C23H22ClN5O2/c1-14-4-10-20(19(12-14)23(31)28-21-11-7-17(24)13-26-21)27-22(30)16-5-8-18(9-6-16)29(3)15(2)25/h4-13,25H,1-3H3,(H,27,30)(H,26,28,31). The Hall–Kier alpha value is -3.71. The Labute approximate surface area is 185 Å². The lowest BCUT2D eigenvalue weighted by atomic mass is 10.1. The summed E-state index contributed by atoms with van der Waals surface area (Å²) < 4.78 is 0. The number of nitrogens with one attached hydrogen (secondary N) is 3. The molecular weight excluding hydrogens is 414 g/mol. The monoisotopic (exact) mass is 435 g/mol. The van der Waals surface area contributed by atoms with E-state index in [1.165, 1.54) is 6.20 Å². The van der Waals surface area contributed by atoms with E-state index in [0.29, 0.717) is 33.5 Å². The van der Waals surface area contributed by atoms with Crippen LogP contribution >= 0.6 is 11.6 Å². The number of anilines is 3. The number of carbonyl (C=O) groups excluding carboxylic acids is 2. The van der Waals surface area contributed by atoms with Gasteiger partial charge in [0.25, 0.3) is 11.8 Å². The third-order valence-electron chi connectivity index (χ3n) is 4.66. The molecule has 0 bridgehead atoms. The van der Waals surface area contributed by atoms with Crippen molar-refractivity contribution in [2.24, 2.45) is 0 Å². The molecule has 7 nitrogen and oxygen atoms in total. The summed E-state index contributed by atoms with van der Waals surface area (Å²) >= 11 is 5.83. The molecule has 3 aromatic rings. The Bertz CT molecular complexity index is 1130. The SMILES string of the molecule is CC(=N)N(C)c1ccc(C(=O)Nc2ccc(C)cc2C(=O)Nc2ccc(Cl)cn2)cc1. The van der Waals surface area contributed by atoms with Gasteiger partial charge in [-0.25, -0.2) is 4.98 Å². The molecule has 0 atom stereocenters. The number of amides is 2. The van der Waals surface area contributed by atoms with Crippen LogP contribution < -0.4 is 15.5 Å². The number of hydrogen-bond donors (Lipinski definition) is 3. The first kappa shape index (κ1) is 22.0. The van der Waals surface area contributed by atoms with E-state index in [9.17, 15) is 9.59 Å². The number of aromatic nitrogens is 1. The molecule has 3 N–H and O–H groups in total. The summed E-state index contributed by atoms with van der Waals surface area (Å²) in [6.45, 7) is 3.55. The quantitative estimate of drug-likeness (QED) is 0.388. The minimum absolute atomic E-state index is 0.320. The summed E-state index contributed by atoms with van der Waals surface area (Å²) in [6, 6.07) is 15.3. The topological polar surface area (TPSA) is 98.2 Å². The average molecular weight is 436 g/mol. The maximum absolute atomic E-state index is 12.8. The number of aryl methyl sites for hydroxylation is 1. The van der Waals surface area contributed by atoms with Crippen LogP contribution in [0.1, 0.15) is 33.2 Å². The maximum Gasteiger partial charge on any atom is 0.258 e. The van der Waals surface area contributed by atoms with Crippen molar-refractivity contribution in [3.8, 4) is 0 Å².